The molecule has 0 bridgehead atoms. The second kappa shape index (κ2) is 6.17. The topological polar surface area (TPSA) is 87.0 Å². The standard InChI is InChI=1S/C14H20N4O4/c1-9-15-11(8-22-9)13(20)18-6-5-17(10(2)19)7-12(18)14(21)16(3)4/h8,12H,5-7H2,1-4H3. The Balaban J connectivity index is 2.25. The molecule has 2 heterocycles. The number of carbonyl (C=O) groups excluding carboxylic acids is 3. The van der Waals surface area contributed by atoms with E-state index in [1.165, 1.54) is 23.0 Å². The quantitative estimate of drug-likeness (QED) is 0.751. The second-order valence-electron chi connectivity index (χ2n) is 5.46. The van der Waals surface area contributed by atoms with E-state index in [0.717, 1.165) is 0 Å². The van der Waals surface area contributed by atoms with Gasteiger partial charge in [-0.2, -0.15) is 0 Å². The first-order valence-corrected chi connectivity index (χ1v) is 7.01. The Labute approximate surface area is 128 Å². The number of carbonyl (C=O) groups is 3. The van der Waals surface area contributed by atoms with Crippen LogP contribution in [-0.4, -0.2) is 77.2 Å². The maximum absolute atomic E-state index is 12.6. The van der Waals surface area contributed by atoms with Gasteiger partial charge in [-0.25, -0.2) is 4.98 Å². The molecule has 1 unspecified atom stereocenters. The molecule has 1 aromatic heterocycles. The Kier molecular flexibility index (Phi) is 4.48. The van der Waals surface area contributed by atoms with Gasteiger partial charge in [0.05, 0.1) is 6.54 Å². The van der Waals surface area contributed by atoms with Gasteiger partial charge in [-0.3, -0.25) is 14.4 Å². The highest BCUT2D eigenvalue weighted by Gasteiger charge is 2.38. The molecule has 0 saturated carbocycles. The minimum Gasteiger partial charge on any atom is -0.448 e. The van der Waals surface area contributed by atoms with Gasteiger partial charge in [-0.15, -0.1) is 0 Å². The van der Waals surface area contributed by atoms with E-state index in [9.17, 15) is 14.4 Å². The maximum Gasteiger partial charge on any atom is 0.276 e. The van der Waals surface area contributed by atoms with Gasteiger partial charge in [0.25, 0.3) is 5.91 Å². The molecule has 2 rings (SSSR count). The zero-order valence-electron chi connectivity index (χ0n) is 13.2. The van der Waals surface area contributed by atoms with Gasteiger partial charge in [0.15, 0.2) is 11.6 Å². The highest BCUT2D eigenvalue weighted by atomic mass is 16.3. The summed E-state index contributed by atoms with van der Waals surface area (Å²) in [6, 6.07) is -0.711. The second-order valence-corrected chi connectivity index (χ2v) is 5.46. The minimum atomic E-state index is -0.711. The number of rotatable bonds is 2. The summed E-state index contributed by atoms with van der Waals surface area (Å²) in [7, 11) is 3.25. The van der Waals surface area contributed by atoms with Crippen LogP contribution in [0, 0.1) is 6.92 Å². The van der Waals surface area contributed by atoms with Crippen LogP contribution in [0.25, 0.3) is 0 Å². The van der Waals surface area contributed by atoms with E-state index in [0.29, 0.717) is 12.4 Å². The number of likely N-dealkylation sites (N-methyl/N-ethyl adjacent to an activating group) is 1. The predicted molar refractivity (Wildman–Crippen MR) is 77.0 cm³/mol. The van der Waals surface area contributed by atoms with Crippen LogP contribution in [0.1, 0.15) is 23.3 Å². The number of oxazole rings is 1. The number of hydrogen-bond donors (Lipinski definition) is 0. The normalized spacial score (nSPS) is 18.3. The van der Waals surface area contributed by atoms with Crippen LogP contribution >= 0.6 is 0 Å². The number of piperazine rings is 1. The summed E-state index contributed by atoms with van der Waals surface area (Å²) in [4.78, 5) is 44.9. The van der Waals surface area contributed by atoms with Crippen LogP contribution in [0.2, 0.25) is 0 Å². The minimum absolute atomic E-state index is 0.110. The van der Waals surface area contributed by atoms with Crippen molar-refractivity contribution in [3.8, 4) is 0 Å². The fourth-order valence-corrected chi connectivity index (χ4v) is 2.43. The molecule has 1 aliphatic heterocycles. The first kappa shape index (κ1) is 16.0. The van der Waals surface area contributed by atoms with E-state index in [-0.39, 0.29) is 36.5 Å². The van der Waals surface area contributed by atoms with E-state index in [4.69, 9.17) is 4.42 Å². The first-order valence-electron chi connectivity index (χ1n) is 7.01. The smallest absolute Gasteiger partial charge is 0.276 e. The Bertz CT molecular complexity index is 595. The largest absolute Gasteiger partial charge is 0.448 e. The van der Waals surface area contributed by atoms with E-state index in [1.54, 1.807) is 25.9 Å². The zero-order chi connectivity index (χ0) is 16.4. The molecular formula is C14H20N4O4. The molecule has 8 heteroatoms. The van der Waals surface area contributed by atoms with Crippen LogP contribution < -0.4 is 0 Å². The van der Waals surface area contributed by atoms with Crippen molar-refractivity contribution < 1.29 is 18.8 Å². The van der Waals surface area contributed by atoms with Gasteiger partial charge in [0.2, 0.25) is 11.8 Å². The summed E-state index contributed by atoms with van der Waals surface area (Å²) in [6.07, 6.45) is 1.28. The van der Waals surface area contributed by atoms with Crippen LogP contribution in [0.4, 0.5) is 0 Å². The SMILES string of the molecule is CC(=O)N1CCN(C(=O)c2coc(C)n2)C(C(=O)N(C)C)C1. The number of nitrogens with zero attached hydrogens (tertiary/aromatic N) is 4. The molecule has 0 spiro atoms. The lowest BCUT2D eigenvalue weighted by molar-refractivity contribution is -0.139. The molecule has 0 N–H and O–H groups in total. The highest BCUT2D eigenvalue weighted by Crippen LogP contribution is 2.16. The monoisotopic (exact) mass is 308 g/mol. The molecule has 0 radical (unpaired) electrons. The van der Waals surface area contributed by atoms with Crippen molar-refractivity contribution >= 4 is 17.7 Å². The third-order valence-electron chi connectivity index (χ3n) is 3.65. The molecule has 1 saturated heterocycles. The zero-order valence-corrected chi connectivity index (χ0v) is 13.2. The third-order valence-corrected chi connectivity index (χ3v) is 3.65. The molecule has 0 aliphatic carbocycles. The van der Waals surface area contributed by atoms with Crippen molar-refractivity contribution in [2.45, 2.75) is 19.9 Å². The van der Waals surface area contributed by atoms with Gasteiger partial charge in [-0.1, -0.05) is 0 Å². The fraction of sp³-hybridized carbons (Fsp3) is 0.571. The molecule has 120 valence electrons. The predicted octanol–water partition coefficient (Wildman–Crippen LogP) is -0.256. The van der Waals surface area contributed by atoms with Gasteiger partial charge >= 0.3 is 0 Å². The summed E-state index contributed by atoms with van der Waals surface area (Å²) in [5, 5.41) is 0. The van der Waals surface area contributed by atoms with Crippen LogP contribution in [0.5, 0.6) is 0 Å². The summed E-state index contributed by atoms with van der Waals surface area (Å²) in [5.74, 6) is -0.304. The van der Waals surface area contributed by atoms with Crippen molar-refractivity contribution in [3.05, 3.63) is 17.8 Å². The molecule has 1 aromatic rings. The number of aryl methyl sites for hydroxylation is 1. The molecule has 1 fully saturated rings. The van der Waals surface area contributed by atoms with E-state index in [1.807, 2.05) is 0 Å². The molecule has 22 heavy (non-hydrogen) atoms. The number of amides is 3. The first-order chi connectivity index (χ1) is 10.3. The molecular weight excluding hydrogens is 288 g/mol. The summed E-state index contributed by atoms with van der Waals surface area (Å²) < 4.78 is 5.06. The van der Waals surface area contributed by atoms with Crippen LogP contribution in [0.15, 0.2) is 10.7 Å². The van der Waals surface area contributed by atoms with E-state index in [2.05, 4.69) is 4.98 Å². The van der Waals surface area contributed by atoms with Gasteiger partial charge in [0, 0.05) is 41.0 Å². The number of aromatic nitrogens is 1. The summed E-state index contributed by atoms with van der Waals surface area (Å²) >= 11 is 0. The molecule has 0 aromatic carbocycles. The van der Waals surface area contributed by atoms with Crippen molar-refractivity contribution in [1.29, 1.82) is 0 Å². The van der Waals surface area contributed by atoms with Gasteiger partial charge < -0.3 is 19.1 Å². The summed E-state index contributed by atoms with van der Waals surface area (Å²) in [6.45, 7) is 3.97. The average Bonchev–Trinajstić information content (AvgIpc) is 2.91. The van der Waals surface area contributed by atoms with Crippen molar-refractivity contribution in [2.75, 3.05) is 33.7 Å². The lowest BCUT2D eigenvalue weighted by Crippen LogP contribution is -2.61. The lowest BCUT2D eigenvalue weighted by Gasteiger charge is -2.40. The molecule has 3 amide bonds. The van der Waals surface area contributed by atoms with Gasteiger partial charge in [-0.05, 0) is 0 Å². The molecule has 8 nitrogen and oxygen atoms in total. The Morgan fingerprint density at radius 1 is 1.32 bits per heavy atom. The maximum atomic E-state index is 12.6. The van der Waals surface area contributed by atoms with E-state index >= 15 is 0 Å². The average molecular weight is 308 g/mol. The van der Waals surface area contributed by atoms with Crippen LogP contribution in [0.3, 0.4) is 0 Å². The lowest BCUT2D eigenvalue weighted by atomic mass is 10.1. The van der Waals surface area contributed by atoms with E-state index < -0.39 is 6.04 Å². The number of hydrogen-bond acceptors (Lipinski definition) is 5. The summed E-state index contributed by atoms with van der Waals surface area (Å²) in [5.41, 5.74) is 0.172. The van der Waals surface area contributed by atoms with Gasteiger partial charge in [0.1, 0.15) is 12.3 Å². The van der Waals surface area contributed by atoms with Crippen LogP contribution in [-0.2, 0) is 9.59 Å². The fourth-order valence-electron chi connectivity index (χ4n) is 2.43. The van der Waals surface area contributed by atoms with Crippen molar-refractivity contribution in [2.24, 2.45) is 0 Å². The Morgan fingerprint density at radius 2 is 2.00 bits per heavy atom. The highest BCUT2D eigenvalue weighted by molar-refractivity contribution is 5.96. The van der Waals surface area contributed by atoms with Crippen molar-refractivity contribution in [3.63, 3.8) is 0 Å². The third kappa shape index (κ3) is 3.10. The Morgan fingerprint density at radius 3 is 2.50 bits per heavy atom. The molecule has 1 atom stereocenters. The van der Waals surface area contributed by atoms with Crippen molar-refractivity contribution in [1.82, 2.24) is 19.7 Å². The molecule has 1 aliphatic rings. The Hall–Kier alpha value is -2.38.